The third-order valence-electron chi connectivity index (χ3n) is 6.49. The van der Waals surface area contributed by atoms with Crippen molar-refractivity contribution < 1.29 is 4.79 Å². The van der Waals surface area contributed by atoms with Gasteiger partial charge in [0.1, 0.15) is 0 Å². The lowest BCUT2D eigenvalue weighted by Crippen LogP contribution is -2.45. The summed E-state index contributed by atoms with van der Waals surface area (Å²) in [7, 11) is 1.69. The zero-order valence-electron chi connectivity index (χ0n) is 19.4. The number of carbonyl (C=O) groups excluding carboxylic acids is 1. The third kappa shape index (κ3) is 4.29. The minimum atomic E-state index is -0.0701. The van der Waals surface area contributed by atoms with Gasteiger partial charge in [-0.3, -0.25) is 0 Å². The Hall–Kier alpha value is -4.00. The van der Waals surface area contributed by atoms with Crippen molar-refractivity contribution in [1.82, 2.24) is 30.0 Å². The van der Waals surface area contributed by atoms with E-state index in [0.29, 0.717) is 12.5 Å². The Morgan fingerprint density at radius 3 is 2.41 bits per heavy atom. The zero-order valence-corrected chi connectivity index (χ0v) is 19.4. The first-order valence-corrected chi connectivity index (χ1v) is 11.6. The van der Waals surface area contributed by atoms with Crippen LogP contribution in [0, 0.1) is 6.92 Å². The van der Waals surface area contributed by atoms with Gasteiger partial charge in [-0.15, -0.1) is 0 Å². The lowest BCUT2D eigenvalue weighted by molar-refractivity contribution is 0.142. The first-order valence-electron chi connectivity index (χ1n) is 11.6. The molecule has 1 fully saturated rings. The second-order valence-corrected chi connectivity index (χ2v) is 8.69. The highest BCUT2D eigenvalue weighted by molar-refractivity contribution is 5.74. The van der Waals surface area contributed by atoms with E-state index < -0.39 is 0 Å². The molecule has 2 amide bonds. The van der Waals surface area contributed by atoms with Crippen molar-refractivity contribution in [3.05, 3.63) is 95.9 Å². The highest BCUT2D eigenvalue weighted by atomic mass is 16.2. The van der Waals surface area contributed by atoms with Gasteiger partial charge in [0.2, 0.25) is 0 Å². The molecule has 0 aliphatic carbocycles. The predicted octanol–water partition coefficient (Wildman–Crippen LogP) is 4.90. The number of aromatic nitrogens is 4. The smallest absolute Gasteiger partial charge is 0.317 e. The molecule has 4 aromatic rings. The number of nitrogens with one attached hydrogen (secondary N) is 1. The van der Waals surface area contributed by atoms with Gasteiger partial charge in [0.25, 0.3) is 5.95 Å². The molecule has 2 aromatic heterocycles. The van der Waals surface area contributed by atoms with Crippen molar-refractivity contribution in [2.24, 2.45) is 0 Å². The number of nitrogens with zero attached hydrogens (tertiary/aromatic N) is 5. The Morgan fingerprint density at radius 2 is 1.71 bits per heavy atom. The Bertz CT molecular complexity index is 1250. The second kappa shape index (κ2) is 9.47. The lowest BCUT2D eigenvalue weighted by atomic mass is 9.87. The molecular weight excluding hydrogens is 424 g/mol. The number of urea groups is 1. The topological polar surface area (TPSA) is 75.9 Å². The molecule has 1 saturated heterocycles. The Kier molecular flexibility index (Phi) is 6.08. The van der Waals surface area contributed by atoms with Crippen LogP contribution in [0.2, 0.25) is 0 Å². The van der Waals surface area contributed by atoms with Crippen LogP contribution in [-0.4, -0.2) is 44.3 Å². The molecule has 7 heteroatoms. The van der Waals surface area contributed by atoms with E-state index in [1.165, 1.54) is 5.56 Å². The molecule has 2 aromatic carbocycles. The molecule has 172 valence electrons. The van der Waals surface area contributed by atoms with Crippen LogP contribution in [0.1, 0.15) is 41.6 Å². The fourth-order valence-electron chi connectivity index (χ4n) is 4.71. The van der Waals surface area contributed by atoms with E-state index in [2.05, 4.69) is 64.7 Å². The summed E-state index contributed by atoms with van der Waals surface area (Å²) in [4.78, 5) is 23.8. The Morgan fingerprint density at radius 1 is 0.971 bits per heavy atom. The Balaban J connectivity index is 1.53. The van der Waals surface area contributed by atoms with E-state index in [-0.39, 0.29) is 18.0 Å². The van der Waals surface area contributed by atoms with Crippen molar-refractivity contribution in [1.29, 1.82) is 0 Å². The van der Waals surface area contributed by atoms with E-state index in [9.17, 15) is 4.79 Å². The van der Waals surface area contributed by atoms with E-state index in [1.54, 1.807) is 25.5 Å². The largest absolute Gasteiger partial charge is 0.341 e. The number of hydrogen-bond acceptors (Lipinski definition) is 4. The zero-order chi connectivity index (χ0) is 23.5. The first-order chi connectivity index (χ1) is 16.6. The van der Waals surface area contributed by atoms with Gasteiger partial charge in [-0.25, -0.2) is 19.4 Å². The van der Waals surface area contributed by atoms with Gasteiger partial charge in [-0.1, -0.05) is 60.2 Å². The lowest BCUT2D eigenvalue weighted by Gasteiger charge is -2.39. The van der Waals surface area contributed by atoms with Gasteiger partial charge in [-0.2, -0.15) is 5.10 Å². The van der Waals surface area contributed by atoms with Crippen molar-refractivity contribution >= 4 is 6.03 Å². The summed E-state index contributed by atoms with van der Waals surface area (Å²) in [5, 5.41) is 7.72. The van der Waals surface area contributed by atoms with Crippen LogP contribution in [0.3, 0.4) is 0 Å². The molecule has 2 atom stereocenters. The third-order valence-corrected chi connectivity index (χ3v) is 6.49. The Labute approximate surface area is 199 Å². The summed E-state index contributed by atoms with van der Waals surface area (Å²) in [5.41, 5.74) is 5.30. The van der Waals surface area contributed by atoms with Gasteiger partial charge in [0, 0.05) is 37.5 Å². The van der Waals surface area contributed by atoms with Crippen LogP contribution >= 0.6 is 0 Å². The molecule has 0 saturated carbocycles. The molecule has 7 nitrogen and oxygen atoms in total. The van der Waals surface area contributed by atoms with E-state index in [4.69, 9.17) is 5.10 Å². The molecule has 0 spiro atoms. The van der Waals surface area contributed by atoms with Crippen LogP contribution < -0.4 is 5.32 Å². The molecule has 0 bridgehead atoms. The number of carbonyl (C=O) groups is 1. The second-order valence-electron chi connectivity index (χ2n) is 8.69. The molecule has 1 N–H and O–H groups in total. The summed E-state index contributed by atoms with van der Waals surface area (Å²) in [6.07, 6.45) is 5.24. The first kappa shape index (κ1) is 21.8. The highest BCUT2D eigenvalue weighted by Gasteiger charge is 2.35. The molecular formula is C27H28N6O. The molecule has 3 heterocycles. The van der Waals surface area contributed by atoms with Gasteiger partial charge in [-0.05, 0) is 37.5 Å². The van der Waals surface area contributed by atoms with Crippen molar-refractivity contribution in [2.75, 3.05) is 13.6 Å². The number of amides is 2. The molecule has 0 radical (unpaired) electrons. The monoisotopic (exact) mass is 452 g/mol. The normalized spacial score (nSPS) is 18.0. The SMILES string of the molecule is CNC(=O)N1CC(c2cc(-c3ccc(C)cc3)nn2-c2ncccn2)CCC1c1ccccc1. The van der Waals surface area contributed by atoms with Gasteiger partial charge < -0.3 is 10.2 Å². The van der Waals surface area contributed by atoms with Gasteiger partial charge in [0.15, 0.2) is 0 Å². The van der Waals surface area contributed by atoms with Gasteiger partial charge >= 0.3 is 6.03 Å². The molecule has 1 aliphatic rings. The van der Waals surface area contributed by atoms with Crippen LogP contribution in [0.4, 0.5) is 4.79 Å². The summed E-state index contributed by atoms with van der Waals surface area (Å²) >= 11 is 0. The minimum absolute atomic E-state index is 0.0401. The van der Waals surface area contributed by atoms with Crippen molar-refractivity contribution in [3.63, 3.8) is 0 Å². The molecule has 2 unspecified atom stereocenters. The average molecular weight is 453 g/mol. The van der Waals surface area contributed by atoms with Crippen LogP contribution in [0.15, 0.2) is 79.1 Å². The predicted molar refractivity (Wildman–Crippen MR) is 132 cm³/mol. The molecule has 5 rings (SSSR count). The van der Waals surface area contributed by atoms with Gasteiger partial charge in [0.05, 0.1) is 17.4 Å². The van der Waals surface area contributed by atoms with Crippen LogP contribution in [-0.2, 0) is 0 Å². The van der Waals surface area contributed by atoms with E-state index in [0.717, 1.165) is 35.4 Å². The molecule has 34 heavy (non-hydrogen) atoms. The minimum Gasteiger partial charge on any atom is -0.341 e. The number of hydrogen-bond donors (Lipinski definition) is 1. The maximum absolute atomic E-state index is 12.9. The quantitative estimate of drug-likeness (QED) is 0.478. The van der Waals surface area contributed by atoms with Crippen molar-refractivity contribution in [2.45, 2.75) is 31.7 Å². The standard InChI is InChI=1S/C27H28N6O/c1-19-9-11-20(12-10-19)23-17-25(33(31-23)26-29-15-6-16-30-26)22-13-14-24(21-7-4-3-5-8-21)32(18-22)27(34)28-2/h3-12,15-17,22,24H,13-14,18H2,1-2H3,(H,28,34). The number of rotatable bonds is 4. The maximum atomic E-state index is 12.9. The van der Waals surface area contributed by atoms with E-state index in [1.807, 2.05) is 27.8 Å². The van der Waals surface area contributed by atoms with E-state index >= 15 is 0 Å². The number of benzene rings is 2. The maximum Gasteiger partial charge on any atom is 0.317 e. The van der Waals surface area contributed by atoms with Crippen LogP contribution in [0.25, 0.3) is 17.2 Å². The summed E-state index contributed by atoms with van der Waals surface area (Å²) in [6.45, 7) is 2.66. The number of likely N-dealkylation sites (tertiary alicyclic amines) is 1. The van der Waals surface area contributed by atoms with Crippen molar-refractivity contribution in [3.8, 4) is 17.2 Å². The average Bonchev–Trinajstić information content (AvgIpc) is 3.35. The number of aryl methyl sites for hydroxylation is 1. The summed E-state index contributed by atoms with van der Waals surface area (Å²) < 4.78 is 1.84. The molecule has 1 aliphatic heterocycles. The van der Waals surface area contributed by atoms with Crippen LogP contribution in [0.5, 0.6) is 0 Å². The summed E-state index contributed by atoms with van der Waals surface area (Å²) in [6, 6.07) is 22.5. The fourth-order valence-corrected chi connectivity index (χ4v) is 4.71. The fraction of sp³-hybridized carbons (Fsp3) is 0.259. The highest BCUT2D eigenvalue weighted by Crippen LogP contribution is 2.39. The summed E-state index contributed by atoms with van der Waals surface area (Å²) in [5.74, 6) is 0.639. The number of piperidine rings is 1.